The van der Waals surface area contributed by atoms with E-state index < -0.39 is 5.97 Å². The van der Waals surface area contributed by atoms with Crippen LogP contribution in [0.2, 0.25) is 0 Å². The van der Waals surface area contributed by atoms with Crippen LogP contribution >= 0.6 is 0 Å². The summed E-state index contributed by atoms with van der Waals surface area (Å²) < 4.78 is 5.01. The number of hydrogen-bond donors (Lipinski definition) is 3. The minimum Gasteiger partial charge on any atom is -0.481 e. The first-order valence-electron chi connectivity index (χ1n) is 12.6. The monoisotopic (exact) mass is 503 g/mol. The van der Waals surface area contributed by atoms with E-state index in [1.54, 1.807) is 25.3 Å². The number of amides is 2. The first-order valence-corrected chi connectivity index (χ1v) is 12.6. The number of carbonyl (C=O) groups excluding carboxylic acids is 2. The van der Waals surface area contributed by atoms with Crippen molar-refractivity contribution in [3.8, 4) is 6.07 Å². The molecule has 0 aliphatic heterocycles. The maximum absolute atomic E-state index is 13.5. The Kier molecular flexibility index (Phi) is 7.37. The molecular formula is C29H33N3O5. The SMILES string of the molecule is COCCNC(=O)c1ccc2c(c1)C1(CC1C(=O)Nc1cc(C#N)ccc1CCCC(=O)O)CC2(C)C. The van der Waals surface area contributed by atoms with Crippen LogP contribution < -0.4 is 10.6 Å². The fraction of sp³-hybridized carbons (Fsp3) is 0.448. The number of ether oxygens (including phenoxy) is 1. The van der Waals surface area contributed by atoms with E-state index in [0.29, 0.717) is 49.2 Å². The Labute approximate surface area is 217 Å². The Balaban J connectivity index is 1.55. The van der Waals surface area contributed by atoms with Gasteiger partial charge in [0.2, 0.25) is 5.91 Å². The Hall–Kier alpha value is -3.70. The molecule has 8 heteroatoms. The third-order valence-corrected chi connectivity index (χ3v) is 7.62. The highest BCUT2D eigenvalue weighted by atomic mass is 16.5. The number of methoxy groups -OCH3 is 1. The molecule has 4 rings (SSSR count). The Morgan fingerprint density at radius 1 is 1.16 bits per heavy atom. The van der Waals surface area contributed by atoms with Gasteiger partial charge in [-0.1, -0.05) is 26.0 Å². The maximum Gasteiger partial charge on any atom is 0.303 e. The highest BCUT2D eigenvalue weighted by molar-refractivity contribution is 5.98. The number of carbonyl (C=O) groups is 3. The van der Waals surface area contributed by atoms with Gasteiger partial charge in [0.05, 0.1) is 18.2 Å². The molecule has 1 fully saturated rings. The topological polar surface area (TPSA) is 129 Å². The average Bonchev–Trinajstić information content (AvgIpc) is 3.53. The zero-order valence-corrected chi connectivity index (χ0v) is 21.5. The summed E-state index contributed by atoms with van der Waals surface area (Å²) in [5, 5.41) is 24.2. The molecular weight excluding hydrogens is 470 g/mol. The summed E-state index contributed by atoms with van der Waals surface area (Å²) in [5.74, 6) is -1.40. The van der Waals surface area contributed by atoms with Crippen molar-refractivity contribution in [1.29, 1.82) is 5.26 Å². The highest BCUT2D eigenvalue weighted by Gasteiger charge is 2.65. The molecule has 0 saturated heterocycles. The lowest BCUT2D eigenvalue weighted by molar-refractivity contribution is -0.137. The summed E-state index contributed by atoms with van der Waals surface area (Å²) in [5.41, 5.74) is 4.13. The molecule has 1 spiro atoms. The van der Waals surface area contributed by atoms with Crippen LogP contribution in [0.3, 0.4) is 0 Å². The van der Waals surface area contributed by atoms with E-state index in [4.69, 9.17) is 9.84 Å². The lowest BCUT2D eigenvalue weighted by Crippen LogP contribution is -2.27. The maximum atomic E-state index is 13.5. The number of aryl methyl sites for hydroxylation is 1. The molecule has 0 aromatic heterocycles. The summed E-state index contributed by atoms with van der Waals surface area (Å²) >= 11 is 0. The van der Waals surface area contributed by atoms with Gasteiger partial charge in [-0.25, -0.2) is 0 Å². The molecule has 2 unspecified atom stereocenters. The van der Waals surface area contributed by atoms with E-state index in [-0.39, 0.29) is 35.0 Å². The van der Waals surface area contributed by atoms with Crippen LogP contribution in [0.25, 0.3) is 0 Å². The number of rotatable bonds is 10. The second-order valence-corrected chi connectivity index (χ2v) is 10.7. The second-order valence-electron chi connectivity index (χ2n) is 10.7. The number of aliphatic carboxylic acids is 1. The molecule has 2 amide bonds. The molecule has 194 valence electrons. The van der Waals surface area contributed by atoms with Gasteiger partial charge >= 0.3 is 5.97 Å². The van der Waals surface area contributed by atoms with E-state index in [1.165, 1.54) is 0 Å². The van der Waals surface area contributed by atoms with E-state index in [0.717, 1.165) is 23.1 Å². The molecule has 2 aliphatic rings. The van der Waals surface area contributed by atoms with E-state index in [2.05, 4.69) is 30.6 Å². The van der Waals surface area contributed by atoms with Crippen molar-refractivity contribution in [2.24, 2.45) is 5.92 Å². The zero-order chi connectivity index (χ0) is 26.8. The van der Waals surface area contributed by atoms with E-state index >= 15 is 0 Å². The van der Waals surface area contributed by atoms with Crippen molar-refractivity contribution >= 4 is 23.5 Å². The van der Waals surface area contributed by atoms with Crippen LogP contribution in [-0.4, -0.2) is 43.2 Å². The van der Waals surface area contributed by atoms with Gasteiger partial charge in [-0.05, 0) is 72.1 Å². The van der Waals surface area contributed by atoms with Crippen LogP contribution in [0.5, 0.6) is 0 Å². The highest BCUT2D eigenvalue weighted by Crippen LogP contribution is 2.66. The van der Waals surface area contributed by atoms with Gasteiger partial charge < -0.3 is 20.5 Å². The molecule has 2 atom stereocenters. The minimum absolute atomic E-state index is 0.0341. The van der Waals surface area contributed by atoms with Gasteiger partial charge in [0.15, 0.2) is 0 Å². The summed E-state index contributed by atoms with van der Waals surface area (Å²) in [6.45, 7) is 5.19. The van der Waals surface area contributed by atoms with Crippen molar-refractivity contribution in [3.63, 3.8) is 0 Å². The van der Waals surface area contributed by atoms with E-state index in [9.17, 15) is 19.6 Å². The third kappa shape index (κ3) is 5.37. The van der Waals surface area contributed by atoms with Gasteiger partial charge in [-0.3, -0.25) is 14.4 Å². The number of nitrogens with one attached hydrogen (secondary N) is 2. The summed E-state index contributed by atoms with van der Waals surface area (Å²) in [6, 6.07) is 13.0. The Bertz CT molecular complexity index is 1280. The lowest BCUT2D eigenvalue weighted by atomic mass is 9.85. The first-order chi connectivity index (χ1) is 17.6. The quantitative estimate of drug-likeness (QED) is 0.422. The van der Waals surface area contributed by atoms with Crippen molar-refractivity contribution < 1.29 is 24.2 Å². The number of hydrogen-bond acceptors (Lipinski definition) is 5. The van der Waals surface area contributed by atoms with Crippen LogP contribution in [0, 0.1) is 17.2 Å². The number of carboxylic acid groups (broad SMARTS) is 1. The zero-order valence-electron chi connectivity index (χ0n) is 21.5. The fourth-order valence-electron chi connectivity index (χ4n) is 5.81. The molecule has 0 radical (unpaired) electrons. The van der Waals surface area contributed by atoms with Crippen molar-refractivity contribution in [2.75, 3.05) is 25.6 Å². The molecule has 2 aromatic carbocycles. The predicted octanol–water partition coefficient (Wildman–Crippen LogP) is 3.92. The lowest BCUT2D eigenvalue weighted by Gasteiger charge is -2.19. The normalized spacial score (nSPS) is 20.6. The molecule has 3 N–H and O–H groups in total. The predicted molar refractivity (Wildman–Crippen MR) is 138 cm³/mol. The molecule has 2 aliphatic carbocycles. The van der Waals surface area contributed by atoms with Gasteiger partial charge in [-0.15, -0.1) is 0 Å². The fourth-order valence-corrected chi connectivity index (χ4v) is 5.81. The van der Waals surface area contributed by atoms with Crippen molar-refractivity contribution in [3.05, 3.63) is 64.2 Å². The number of anilines is 1. The second kappa shape index (κ2) is 10.3. The van der Waals surface area contributed by atoms with Crippen LogP contribution in [-0.2, 0) is 31.6 Å². The van der Waals surface area contributed by atoms with Gasteiger partial charge in [0.25, 0.3) is 5.91 Å². The van der Waals surface area contributed by atoms with E-state index in [1.807, 2.05) is 18.2 Å². The molecule has 0 bridgehead atoms. The minimum atomic E-state index is -0.867. The molecule has 1 saturated carbocycles. The van der Waals surface area contributed by atoms with Crippen molar-refractivity contribution in [1.82, 2.24) is 5.32 Å². The smallest absolute Gasteiger partial charge is 0.303 e. The van der Waals surface area contributed by atoms with Crippen LogP contribution in [0.1, 0.15) is 72.1 Å². The largest absolute Gasteiger partial charge is 0.481 e. The Morgan fingerprint density at radius 2 is 1.95 bits per heavy atom. The summed E-state index contributed by atoms with van der Waals surface area (Å²) in [7, 11) is 1.58. The number of carboxylic acids is 1. The average molecular weight is 504 g/mol. The number of nitriles is 1. The molecule has 37 heavy (non-hydrogen) atoms. The van der Waals surface area contributed by atoms with Gasteiger partial charge in [0.1, 0.15) is 0 Å². The summed E-state index contributed by atoms with van der Waals surface area (Å²) in [6.07, 6.45) is 2.46. The van der Waals surface area contributed by atoms with Crippen LogP contribution in [0.15, 0.2) is 36.4 Å². The van der Waals surface area contributed by atoms with Gasteiger partial charge in [-0.2, -0.15) is 5.26 Å². The van der Waals surface area contributed by atoms with Crippen molar-refractivity contribution in [2.45, 2.75) is 56.8 Å². The number of benzene rings is 2. The molecule has 2 aromatic rings. The molecule has 0 heterocycles. The van der Waals surface area contributed by atoms with Gasteiger partial charge in [0, 0.05) is 42.7 Å². The number of nitrogens with zero attached hydrogens (tertiary/aromatic N) is 1. The molecule has 8 nitrogen and oxygen atoms in total. The number of fused-ring (bicyclic) bond motifs is 2. The third-order valence-electron chi connectivity index (χ3n) is 7.62. The first kappa shape index (κ1) is 26.4. The standard InChI is InChI=1S/C29H33N3O5/c1-28(2)17-29(22-14-20(9-10-21(22)28)26(35)31-11-12-37-3)15-23(29)27(36)32-24-13-18(16-30)7-8-19(24)5-4-6-25(33)34/h7-10,13-14,23H,4-6,11-12,15,17H2,1-3H3,(H,31,35)(H,32,36)(H,33,34). The van der Waals surface area contributed by atoms with Crippen LogP contribution in [0.4, 0.5) is 5.69 Å². The summed E-state index contributed by atoms with van der Waals surface area (Å²) in [4.78, 5) is 37.1. The Morgan fingerprint density at radius 3 is 2.65 bits per heavy atom.